The number of rotatable bonds is 6. The third-order valence-electron chi connectivity index (χ3n) is 5.82. The monoisotopic (exact) mass is 350 g/mol. The van der Waals surface area contributed by atoms with Gasteiger partial charge in [0.15, 0.2) is 0 Å². The van der Waals surface area contributed by atoms with Crippen LogP contribution in [0.4, 0.5) is 0 Å². The van der Waals surface area contributed by atoms with Gasteiger partial charge in [-0.05, 0) is 31.1 Å². The number of ether oxygens (including phenoxy) is 1. The van der Waals surface area contributed by atoms with Crippen LogP contribution in [-0.2, 0) is 19.1 Å². The Morgan fingerprint density at radius 3 is 2.60 bits per heavy atom. The van der Waals surface area contributed by atoms with Gasteiger partial charge in [-0.2, -0.15) is 0 Å². The van der Waals surface area contributed by atoms with Gasteiger partial charge in [0.25, 0.3) is 0 Å². The van der Waals surface area contributed by atoms with Gasteiger partial charge in [-0.1, -0.05) is 31.6 Å². The Bertz CT molecular complexity index is 634. The summed E-state index contributed by atoms with van der Waals surface area (Å²) in [6, 6.07) is 0. The molecule has 5 atom stereocenters. The van der Waals surface area contributed by atoms with Crippen molar-refractivity contribution in [2.45, 2.75) is 52.6 Å². The van der Waals surface area contributed by atoms with Crippen LogP contribution in [0.15, 0.2) is 23.8 Å². The number of fused-ring (bicyclic) bond motifs is 1. The van der Waals surface area contributed by atoms with Crippen molar-refractivity contribution in [3.05, 3.63) is 23.8 Å². The van der Waals surface area contributed by atoms with Gasteiger partial charge in [0.1, 0.15) is 6.10 Å². The first-order valence-electron chi connectivity index (χ1n) is 8.56. The number of hydrogen-bond acceptors (Lipinski definition) is 4. The largest absolute Gasteiger partial charge is 0.481 e. The molecule has 138 valence electrons. The maximum absolute atomic E-state index is 12.0. The minimum atomic E-state index is -0.989. The number of hydrogen-bond donors (Lipinski definition) is 2. The molecule has 0 aromatic heterocycles. The van der Waals surface area contributed by atoms with Gasteiger partial charge >= 0.3 is 17.9 Å². The molecular formula is C19H26O6. The van der Waals surface area contributed by atoms with Crippen molar-refractivity contribution in [2.75, 3.05) is 0 Å². The van der Waals surface area contributed by atoms with E-state index in [1.165, 1.54) is 6.08 Å². The Labute approximate surface area is 147 Å². The molecule has 2 aliphatic rings. The summed E-state index contributed by atoms with van der Waals surface area (Å²) in [5, 5.41) is 18.3. The van der Waals surface area contributed by atoms with Gasteiger partial charge in [0, 0.05) is 18.4 Å². The van der Waals surface area contributed by atoms with Gasteiger partial charge < -0.3 is 14.9 Å². The fraction of sp³-hybridized carbons (Fsp3) is 0.632. The Morgan fingerprint density at radius 2 is 2.04 bits per heavy atom. The fourth-order valence-electron chi connectivity index (χ4n) is 4.82. The van der Waals surface area contributed by atoms with Crippen LogP contribution in [-0.4, -0.2) is 34.2 Å². The van der Waals surface area contributed by atoms with Crippen LogP contribution in [0.5, 0.6) is 0 Å². The molecule has 6 nitrogen and oxygen atoms in total. The van der Waals surface area contributed by atoms with Crippen LogP contribution in [0, 0.1) is 23.2 Å². The molecule has 0 aromatic rings. The number of carbonyl (C=O) groups is 3. The zero-order valence-electron chi connectivity index (χ0n) is 14.9. The standard InChI is InChI=1S/C19H26O6/c1-10(7-15(20)21)5-6-13-11(2)8-14-17(12(3)18(24)25-14)19(13,4)9-16(22)23/h7,12-14,17H,2,5-6,8-9H2,1,3-4H3,(H,20,21)(H,22,23). The van der Waals surface area contributed by atoms with E-state index in [0.717, 1.165) is 11.1 Å². The highest BCUT2D eigenvalue weighted by molar-refractivity contribution is 5.80. The minimum absolute atomic E-state index is 0.0689. The third kappa shape index (κ3) is 3.78. The van der Waals surface area contributed by atoms with Crippen LogP contribution in [0.1, 0.15) is 46.5 Å². The van der Waals surface area contributed by atoms with Gasteiger partial charge in [-0.25, -0.2) is 4.79 Å². The lowest BCUT2D eigenvalue weighted by molar-refractivity contribution is -0.144. The number of allylic oxidation sites excluding steroid dienone is 1. The summed E-state index contributed by atoms with van der Waals surface area (Å²) in [7, 11) is 0. The molecular weight excluding hydrogens is 324 g/mol. The molecule has 1 aliphatic heterocycles. The Kier molecular flexibility index (Phi) is 5.40. The van der Waals surface area contributed by atoms with Crippen molar-refractivity contribution in [1.29, 1.82) is 0 Å². The van der Waals surface area contributed by atoms with Crippen molar-refractivity contribution in [1.82, 2.24) is 0 Å². The molecule has 5 unspecified atom stereocenters. The summed E-state index contributed by atoms with van der Waals surface area (Å²) < 4.78 is 5.47. The smallest absolute Gasteiger partial charge is 0.328 e. The minimum Gasteiger partial charge on any atom is -0.481 e. The summed E-state index contributed by atoms with van der Waals surface area (Å²) in [4.78, 5) is 34.4. The number of esters is 1. The molecule has 25 heavy (non-hydrogen) atoms. The summed E-state index contributed by atoms with van der Waals surface area (Å²) in [6.45, 7) is 9.58. The number of carbonyl (C=O) groups excluding carboxylic acids is 1. The lowest BCUT2D eigenvalue weighted by Gasteiger charge is -2.49. The van der Waals surface area contributed by atoms with Crippen LogP contribution < -0.4 is 0 Å². The first-order valence-corrected chi connectivity index (χ1v) is 8.56. The highest BCUT2D eigenvalue weighted by Gasteiger charge is 2.58. The highest BCUT2D eigenvalue weighted by Crippen LogP contribution is 2.57. The summed E-state index contributed by atoms with van der Waals surface area (Å²) in [5.41, 5.74) is 0.961. The average molecular weight is 350 g/mol. The third-order valence-corrected chi connectivity index (χ3v) is 5.82. The van der Waals surface area contributed by atoms with Crippen LogP contribution in [0.2, 0.25) is 0 Å². The zero-order valence-corrected chi connectivity index (χ0v) is 14.9. The first kappa shape index (κ1) is 19.2. The van der Waals surface area contributed by atoms with E-state index in [-0.39, 0.29) is 36.2 Å². The molecule has 1 saturated heterocycles. The van der Waals surface area contributed by atoms with E-state index in [2.05, 4.69) is 6.58 Å². The van der Waals surface area contributed by atoms with Crippen molar-refractivity contribution in [3.63, 3.8) is 0 Å². The first-order chi connectivity index (χ1) is 11.6. The molecule has 1 heterocycles. The summed E-state index contributed by atoms with van der Waals surface area (Å²) in [5.74, 6) is -2.79. The fourth-order valence-corrected chi connectivity index (χ4v) is 4.82. The van der Waals surface area contributed by atoms with Gasteiger partial charge in [-0.15, -0.1) is 0 Å². The Morgan fingerprint density at radius 1 is 1.40 bits per heavy atom. The predicted octanol–water partition coefficient (Wildman–Crippen LogP) is 3.03. The zero-order chi connectivity index (χ0) is 18.9. The molecule has 2 N–H and O–H groups in total. The maximum Gasteiger partial charge on any atom is 0.328 e. The lowest BCUT2D eigenvalue weighted by atomic mass is 9.54. The van der Waals surface area contributed by atoms with Gasteiger partial charge in [0.2, 0.25) is 0 Å². The second-order valence-electron chi connectivity index (χ2n) is 7.65. The van der Waals surface area contributed by atoms with E-state index in [0.29, 0.717) is 19.3 Å². The second-order valence-corrected chi connectivity index (χ2v) is 7.65. The maximum atomic E-state index is 12.0. The molecule has 6 heteroatoms. The molecule has 2 rings (SSSR count). The quantitative estimate of drug-likeness (QED) is 0.434. The van der Waals surface area contributed by atoms with Crippen LogP contribution in [0.3, 0.4) is 0 Å². The molecule has 0 amide bonds. The van der Waals surface area contributed by atoms with E-state index in [9.17, 15) is 19.5 Å². The van der Waals surface area contributed by atoms with Crippen LogP contribution >= 0.6 is 0 Å². The van der Waals surface area contributed by atoms with E-state index >= 15 is 0 Å². The predicted molar refractivity (Wildman–Crippen MR) is 90.8 cm³/mol. The number of carboxylic acids is 2. The van der Waals surface area contributed by atoms with Gasteiger partial charge in [0.05, 0.1) is 12.3 Å². The number of aliphatic carboxylic acids is 2. The van der Waals surface area contributed by atoms with Crippen molar-refractivity contribution >= 4 is 17.9 Å². The van der Waals surface area contributed by atoms with Crippen molar-refractivity contribution in [2.24, 2.45) is 23.2 Å². The molecule has 0 radical (unpaired) electrons. The van der Waals surface area contributed by atoms with Crippen molar-refractivity contribution in [3.8, 4) is 0 Å². The van der Waals surface area contributed by atoms with E-state index in [4.69, 9.17) is 9.84 Å². The molecule has 0 bridgehead atoms. The molecule has 0 spiro atoms. The van der Waals surface area contributed by atoms with E-state index < -0.39 is 17.4 Å². The Hall–Kier alpha value is -2.11. The number of carboxylic acid groups (broad SMARTS) is 2. The summed E-state index contributed by atoms with van der Waals surface area (Å²) >= 11 is 0. The normalized spacial score (nSPS) is 35.2. The average Bonchev–Trinajstić information content (AvgIpc) is 2.71. The topological polar surface area (TPSA) is 101 Å². The highest BCUT2D eigenvalue weighted by atomic mass is 16.6. The summed E-state index contributed by atoms with van der Waals surface area (Å²) in [6.07, 6.45) is 2.50. The molecule has 1 aliphatic carbocycles. The van der Waals surface area contributed by atoms with E-state index in [1.54, 1.807) is 13.8 Å². The van der Waals surface area contributed by atoms with E-state index in [1.807, 2.05) is 6.92 Å². The Balaban J connectivity index is 2.32. The van der Waals surface area contributed by atoms with Crippen molar-refractivity contribution < 1.29 is 29.3 Å². The molecule has 2 fully saturated rings. The SMILES string of the molecule is C=C1CC2OC(=O)C(C)C2C(C)(CC(=O)O)C1CCC(C)=CC(=O)O. The lowest BCUT2D eigenvalue weighted by Crippen LogP contribution is -2.48. The molecule has 1 saturated carbocycles. The van der Waals surface area contributed by atoms with Crippen LogP contribution in [0.25, 0.3) is 0 Å². The second kappa shape index (κ2) is 7.02. The molecule has 0 aromatic carbocycles. The van der Waals surface area contributed by atoms with Gasteiger partial charge in [-0.3, -0.25) is 9.59 Å².